The summed E-state index contributed by atoms with van der Waals surface area (Å²) >= 11 is 7.94. The van der Waals surface area contributed by atoms with Crippen LogP contribution in [0, 0.1) is 0 Å². The topological polar surface area (TPSA) is 12.0 Å². The summed E-state index contributed by atoms with van der Waals surface area (Å²) in [6.45, 7) is 1.11. The molecule has 0 spiro atoms. The summed E-state index contributed by atoms with van der Waals surface area (Å²) in [5.74, 6) is 1.97. The van der Waals surface area contributed by atoms with Crippen LogP contribution in [0.5, 0.6) is 0 Å². The average Bonchev–Trinajstić information content (AvgIpc) is 2.20. The summed E-state index contributed by atoms with van der Waals surface area (Å²) in [7, 11) is 0. The monoisotopic (exact) mass is 221 g/mol. The third-order valence-electron chi connectivity index (χ3n) is 2.87. The quantitative estimate of drug-likeness (QED) is 0.566. The Morgan fingerprint density at radius 1 is 1.31 bits per heavy atom. The van der Waals surface area contributed by atoms with Gasteiger partial charge in [-0.05, 0) is 19.1 Å². The Bertz CT molecular complexity index is 135. The van der Waals surface area contributed by atoms with Crippen LogP contribution < -0.4 is 5.32 Å². The number of rotatable bonds is 5. The van der Waals surface area contributed by atoms with Crippen molar-refractivity contribution in [3.05, 3.63) is 0 Å². The van der Waals surface area contributed by atoms with Gasteiger partial charge in [0, 0.05) is 23.7 Å². The molecule has 0 aromatic heterocycles. The van der Waals surface area contributed by atoms with Crippen LogP contribution in [0.1, 0.15) is 32.1 Å². The molecule has 0 saturated heterocycles. The summed E-state index contributed by atoms with van der Waals surface area (Å²) in [5.41, 5.74) is 0.273. The normalized spacial score (nSPS) is 21.7. The first kappa shape index (κ1) is 11.7. The molecule has 78 valence electrons. The van der Waals surface area contributed by atoms with Crippen LogP contribution in [0.3, 0.4) is 0 Å². The van der Waals surface area contributed by atoms with Gasteiger partial charge >= 0.3 is 0 Å². The number of alkyl halides is 1. The number of thioether (sulfide) groups is 1. The van der Waals surface area contributed by atoms with Crippen molar-refractivity contribution in [3.63, 3.8) is 0 Å². The summed E-state index contributed by atoms with van der Waals surface area (Å²) in [4.78, 5) is 0. The van der Waals surface area contributed by atoms with Crippen LogP contribution in [0.15, 0.2) is 0 Å². The maximum atomic E-state index is 6.05. The minimum absolute atomic E-state index is 0.273. The molecule has 1 saturated carbocycles. The van der Waals surface area contributed by atoms with E-state index in [2.05, 4.69) is 11.6 Å². The average molecular weight is 222 g/mol. The third-order valence-corrected chi connectivity index (χ3v) is 4.00. The maximum Gasteiger partial charge on any atom is 0.0406 e. The molecule has 0 unspecified atom stereocenters. The van der Waals surface area contributed by atoms with Crippen molar-refractivity contribution >= 4 is 23.4 Å². The van der Waals surface area contributed by atoms with E-state index >= 15 is 0 Å². The summed E-state index contributed by atoms with van der Waals surface area (Å²) in [6, 6.07) is 0. The van der Waals surface area contributed by atoms with Gasteiger partial charge < -0.3 is 5.32 Å². The Hall–Kier alpha value is 0.600. The molecule has 0 atom stereocenters. The van der Waals surface area contributed by atoms with Crippen LogP contribution >= 0.6 is 23.4 Å². The van der Waals surface area contributed by atoms with Gasteiger partial charge in [-0.2, -0.15) is 11.8 Å². The highest BCUT2D eigenvalue weighted by atomic mass is 35.5. The van der Waals surface area contributed by atoms with Gasteiger partial charge in [0.2, 0.25) is 0 Å². The lowest BCUT2D eigenvalue weighted by Crippen LogP contribution is -2.49. The third kappa shape index (κ3) is 3.69. The van der Waals surface area contributed by atoms with Gasteiger partial charge in [-0.25, -0.2) is 0 Å². The molecule has 0 aromatic carbocycles. The summed E-state index contributed by atoms with van der Waals surface area (Å²) in [6.07, 6.45) is 8.77. The number of hydrogen-bond acceptors (Lipinski definition) is 2. The molecule has 1 rings (SSSR count). The minimum Gasteiger partial charge on any atom is -0.309 e. The second-order valence-corrected chi connectivity index (χ2v) is 5.15. The zero-order valence-corrected chi connectivity index (χ0v) is 10.0. The van der Waals surface area contributed by atoms with E-state index in [0.29, 0.717) is 0 Å². The molecule has 1 aliphatic carbocycles. The molecule has 0 amide bonds. The van der Waals surface area contributed by atoms with Crippen molar-refractivity contribution in [2.24, 2.45) is 0 Å². The first-order chi connectivity index (χ1) is 6.33. The van der Waals surface area contributed by atoms with Crippen LogP contribution in [0.2, 0.25) is 0 Å². The first-order valence-corrected chi connectivity index (χ1v) is 7.06. The Morgan fingerprint density at radius 2 is 2.00 bits per heavy atom. The fraction of sp³-hybridized carbons (Fsp3) is 1.00. The molecule has 1 N–H and O–H groups in total. The zero-order valence-electron chi connectivity index (χ0n) is 8.44. The molecule has 13 heavy (non-hydrogen) atoms. The largest absolute Gasteiger partial charge is 0.309 e. The first-order valence-electron chi connectivity index (χ1n) is 5.13. The van der Waals surface area contributed by atoms with E-state index in [1.807, 2.05) is 11.8 Å². The number of nitrogens with one attached hydrogen (secondary N) is 1. The molecule has 1 fully saturated rings. The number of halogens is 1. The smallest absolute Gasteiger partial charge is 0.0406 e. The van der Waals surface area contributed by atoms with Gasteiger partial charge in [0.25, 0.3) is 0 Å². The standard InChI is InChI=1S/C10H20ClNS/c1-13-8-7-12-10(9-11)5-3-2-4-6-10/h12H,2-9H2,1H3. The fourth-order valence-corrected chi connectivity index (χ4v) is 2.67. The van der Waals surface area contributed by atoms with Crippen LogP contribution in [0.25, 0.3) is 0 Å². The minimum atomic E-state index is 0.273. The highest BCUT2D eigenvalue weighted by molar-refractivity contribution is 7.98. The SMILES string of the molecule is CSCCNC1(CCl)CCCCC1. The zero-order chi connectivity index (χ0) is 9.57. The molecule has 1 nitrogen and oxygen atoms in total. The van der Waals surface area contributed by atoms with Crippen molar-refractivity contribution in [1.29, 1.82) is 0 Å². The Kier molecular flexibility index (Phi) is 5.52. The van der Waals surface area contributed by atoms with Gasteiger partial charge in [0.05, 0.1) is 0 Å². The molecular formula is C10H20ClNS. The van der Waals surface area contributed by atoms with E-state index in [4.69, 9.17) is 11.6 Å². The van der Waals surface area contributed by atoms with Crippen LogP contribution in [-0.4, -0.2) is 30.0 Å². The lowest BCUT2D eigenvalue weighted by molar-refractivity contribution is 0.264. The lowest BCUT2D eigenvalue weighted by Gasteiger charge is -2.36. The van der Waals surface area contributed by atoms with E-state index in [-0.39, 0.29) is 5.54 Å². The second-order valence-electron chi connectivity index (χ2n) is 3.89. The van der Waals surface area contributed by atoms with Gasteiger partial charge in [-0.15, -0.1) is 11.6 Å². The van der Waals surface area contributed by atoms with Crippen molar-refractivity contribution in [2.75, 3.05) is 24.4 Å². The molecule has 1 aliphatic rings. The number of hydrogen-bond donors (Lipinski definition) is 1. The van der Waals surface area contributed by atoms with E-state index in [0.717, 1.165) is 12.4 Å². The van der Waals surface area contributed by atoms with E-state index in [1.54, 1.807) is 0 Å². The van der Waals surface area contributed by atoms with Crippen molar-refractivity contribution in [2.45, 2.75) is 37.6 Å². The van der Waals surface area contributed by atoms with Crippen molar-refractivity contribution < 1.29 is 0 Å². The van der Waals surface area contributed by atoms with E-state index < -0.39 is 0 Å². The molecule has 0 aliphatic heterocycles. The maximum absolute atomic E-state index is 6.05. The van der Waals surface area contributed by atoms with Gasteiger partial charge in [0.15, 0.2) is 0 Å². The van der Waals surface area contributed by atoms with Crippen LogP contribution in [-0.2, 0) is 0 Å². The van der Waals surface area contributed by atoms with Gasteiger partial charge in [-0.1, -0.05) is 19.3 Å². The highest BCUT2D eigenvalue weighted by Crippen LogP contribution is 2.29. The van der Waals surface area contributed by atoms with Crippen molar-refractivity contribution in [1.82, 2.24) is 5.32 Å². The summed E-state index contributed by atoms with van der Waals surface area (Å²) in [5, 5.41) is 3.63. The van der Waals surface area contributed by atoms with Gasteiger partial charge in [0.1, 0.15) is 0 Å². The Balaban J connectivity index is 2.29. The fourth-order valence-electron chi connectivity index (χ4n) is 2.00. The second kappa shape index (κ2) is 6.15. The highest BCUT2D eigenvalue weighted by Gasteiger charge is 2.29. The molecule has 0 bridgehead atoms. The molecular weight excluding hydrogens is 202 g/mol. The molecule has 3 heteroatoms. The van der Waals surface area contributed by atoms with Gasteiger partial charge in [-0.3, -0.25) is 0 Å². The van der Waals surface area contributed by atoms with E-state index in [9.17, 15) is 0 Å². The summed E-state index contributed by atoms with van der Waals surface area (Å²) < 4.78 is 0. The van der Waals surface area contributed by atoms with E-state index in [1.165, 1.54) is 37.9 Å². The predicted molar refractivity (Wildman–Crippen MR) is 62.9 cm³/mol. The lowest BCUT2D eigenvalue weighted by atomic mass is 9.83. The molecule has 0 heterocycles. The Labute approximate surface area is 91.0 Å². The predicted octanol–water partition coefficient (Wildman–Crippen LogP) is 2.88. The van der Waals surface area contributed by atoms with Crippen molar-refractivity contribution in [3.8, 4) is 0 Å². The van der Waals surface area contributed by atoms with Crippen LogP contribution in [0.4, 0.5) is 0 Å². The Morgan fingerprint density at radius 3 is 2.54 bits per heavy atom. The molecule has 0 aromatic rings. The molecule has 0 radical (unpaired) electrons.